The number of Topliss-reactive ketones (excluding diaryl/α,β-unsaturated/α-hetero) is 1. The van der Waals surface area contributed by atoms with Gasteiger partial charge in [-0.25, -0.2) is 0 Å². The fourth-order valence-corrected chi connectivity index (χ4v) is 3.90. The Hall–Kier alpha value is -2.84. The van der Waals surface area contributed by atoms with Crippen LogP contribution in [0.1, 0.15) is 21.5 Å². The quantitative estimate of drug-likeness (QED) is 0.228. The number of carboxylic acids is 1. The van der Waals surface area contributed by atoms with Crippen LogP contribution >= 0.6 is 11.7 Å². The molecule has 6 nitrogen and oxygen atoms in total. The zero-order valence-corrected chi connectivity index (χ0v) is 20.4. The van der Waals surface area contributed by atoms with E-state index in [1.807, 2.05) is 6.07 Å². The Balaban J connectivity index is 0.00000289. The summed E-state index contributed by atoms with van der Waals surface area (Å²) in [6, 6.07) is 20.7. The topological polar surface area (TPSA) is 92.2 Å². The maximum Gasteiger partial charge on any atom is 1.00 e. The maximum atomic E-state index is 13.4. The number of nitrogens with zero attached hydrogens (tertiary/aromatic N) is 2. The van der Waals surface area contributed by atoms with Gasteiger partial charge in [0.2, 0.25) is 0 Å². The van der Waals surface area contributed by atoms with E-state index in [0.29, 0.717) is 27.9 Å². The van der Waals surface area contributed by atoms with Crippen LogP contribution in [-0.2, 0) is 11.2 Å². The van der Waals surface area contributed by atoms with E-state index in [0.717, 1.165) is 17.3 Å². The van der Waals surface area contributed by atoms with Crippen LogP contribution in [0.15, 0.2) is 78.4 Å². The third-order valence-corrected chi connectivity index (χ3v) is 5.43. The molecule has 0 fully saturated rings. The van der Waals surface area contributed by atoms with E-state index in [4.69, 9.17) is 4.74 Å². The van der Waals surface area contributed by atoms with Crippen LogP contribution in [0, 0.1) is 0 Å². The molecule has 32 heavy (non-hydrogen) atoms. The minimum atomic E-state index is -1.43. The number of aromatic nitrogens is 2. The number of carbonyl (C=O) groups excluding carboxylic acids is 2. The number of carbonyl (C=O) groups is 2. The van der Waals surface area contributed by atoms with Gasteiger partial charge < -0.3 is 14.6 Å². The number of carboxylic acid groups (broad SMARTS) is 1. The van der Waals surface area contributed by atoms with Crippen molar-refractivity contribution in [2.45, 2.75) is 6.42 Å². The van der Waals surface area contributed by atoms with Gasteiger partial charge in [0.15, 0.2) is 5.78 Å². The molecule has 1 aromatic heterocycles. The summed E-state index contributed by atoms with van der Waals surface area (Å²) >= 11 is 1.04. The molecule has 0 radical (unpaired) electrons. The first-order chi connectivity index (χ1) is 15.1. The third-order valence-electron chi connectivity index (χ3n) is 4.87. The summed E-state index contributed by atoms with van der Waals surface area (Å²) in [5.41, 5.74) is 2.68. The smallest absolute Gasteiger partial charge is 0.545 e. The largest absolute Gasteiger partial charge is 1.00 e. The molecule has 0 unspecified atom stereocenters. The van der Waals surface area contributed by atoms with Gasteiger partial charge >= 0.3 is 29.6 Å². The number of aliphatic carboxylic acids is 1. The molecule has 0 aliphatic rings. The molecular formula is C24H17N2NaO4S. The van der Waals surface area contributed by atoms with Gasteiger partial charge in [-0.3, -0.25) is 4.79 Å². The number of methoxy groups -OCH3 is 1. The van der Waals surface area contributed by atoms with Crippen LogP contribution in [-0.4, -0.2) is 27.6 Å². The molecule has 3 aromatic carbocycles. The fourth-order valence-electron chi connectivity index (χ4n) is 3.39. The molecule has 0 amide bonds. The molecule has 0 N–H and O–H groups in total. The molecule has 1 heterocycles. The van der Waals surface area contributed by atoms with Crippen molar-refractivity contribution < 1.29 is 49.0 Å². The number of rotatable bonds is 7. The number of hydrogen-bond acceptors (Lipinski definition) is 7. The van der Waals surface area contributed by atoms with Crippen LogP contribution < -0.4 is 39.4 Å². The SMILES string of the molecule is COc1cccc(C/C(C(=O)c2ccccc2)=C(\C(=O)[O-])c2ccc3nsnc3c2)c1.[Na+]. The normalized spacial score (nSPS) is 11.4. The number of ether oxygens (including phenoxy) is 1. The van der Waals surface area contributed by atoms with E-state index in [9.17, 15) is 14.7 Å². The van der Waals surface area contributed by atoms with Gasteiger partial charge in [0.25, 0.3) is 0 Å². The first-order valence-electron chi connectivity index (χ1n) is 9.46. The van der Waals surface area contributed by atoms with Gasteiger partial charge in [-0.15, -0.1) is 0 Å². The molecule has 8 heteroatoms. The summed E-state index contributed by atoms with van der Waals surface area (Å²) in [5, 5.41) is 12.3. The van der Waals surface area contributed by atoms with Gasteiger partial charge in [-0.1, -0.05) is 48.5 Å². The van der Waals surface area contributed by atoms with Crippen LogP contribution in [0.5, 0.6) is 5.75 Å². The molecule has 0 aliphatic carbocycles. The summed E-state index contributed by atoms with van der Waals surface area (Å²) < 4.78 is 13.6. The van der Waals surface area contributed by atoms with Crippen LogP contribution in [0.4, 0.5) is 0 Å². The number of fused-ring (bicyclic) bond motifs is 1. The third kappa shape index (κ3) is 5.14. The number of benzene rings is 3. The van der Waals surface area contributed by atoms with Crippen molar-refractivity contribution in [1.82, 2.24) is 8.75 Å². The van der Waals surface area contributed by atoms with Crippen LogP contribution in [0.25, 0.3) is 16.6 Å². The minimum absolute atomic E-state index is 0. The van der Waals surface area contributed by atoms with Gasteiger partial charge in [-0.05, 0) is 35.4 Å². The van der Waals surface area contributed by atoms with E-state index in [1.54, 1.807) is 73.8 Å². The van der Waals surface area contributed by atoms with Gasteiger partial charge in [0.1, 0.15) is 16.8 Å². The first kappa shape index (κ1) is 23.8. The summed E-state index contributed by atoms with van der Waals surface area (Å²) in [6.07, 6.45) is 0.0988. The predicted octanol–water partition coefficient (Wildman–Crippen LogP) is 0.333. The molecule has 0 atom stereocenters. The second-order valence-corrected chi connectivity index (χ2v) is 7.36. The second kappa shape index (κ2) is 10.7. The molecule has 0 saturated heterocycles. The van der Waals surface area contributed by atoms with Crippen molar-refractivity contribution in [3.05, 3.63) is 95.1 Å². The minimum Gasteiger partial charge on any atom is -0.545 e. The van der Waals surface area contributed by atoms with E-state index < -0.39 is 5.97 Å². The zero-order valence-electron chi connectivity index (χ0n) is 17.6. The summed E-state index contributed by atoms with van der Waals surface area (Å²) in [4.78, 5) is 25.7. The Morgan fingerprint density at radius 3 is 2.38 bits per heavy atom. The summed E-state index contributed by atoms with van der Waals surface area (Å²) in [7, 11) is 1.55. The van der Waals surface area contributed by atoms with Crippen LogP contribution in [0.3, 0.4) is 0 Å². The average molecular weight is 452 g/mol. The van der Waals surface area contributed by atoms with Gasteiger partial charge in [0, 0.05) is 23.1 Å². The first-order valence-corrected chi connectivity index (χ1v) is 10.2. The Morgan fingerprint density at radius 2 is 1.66 bits per heavy atom. The monoisotopic (exact) mass is 452 g/mol. The Kier molecular flexibility index (Phi) is 7.93. The van der Waals surface area contributed by atoms with E-state index in [1.165, 1.54) is 0 Å². The van der Waals surface area contributed by atoms with Crippen molar-refractivity contribution >= 4 is 40.1 Å². The van der Waals surface area contributed by atoms with E-state index in [-0.39, 0.29) is 52.9 Å². The Morgan fingerprint density at radius 1 is 0.906 bits per heavy atom. The summed E-state index contributed by atoms with van der Waals surface area (Å²) in [5.74, 6) is -1.18. The number of ketones is 1. The van der Waals surface area contributed by atoms with Gasteiger partial charge in [-0.2, -0.15) is 8.75 Å². The van der Waals surface area contributed by atoms with Crippen LogP contribution in [0.2, 0.25) is 0 Å². The molecule has 0 bridgehead atoms. The molecule has 4 aromatic rings. The molecule has 4 rings (SSSR count). The fraction of sp³-hybridized carbons (Fsp3) is 0.0833. The van der Waals surface area contributed by atoms with E-state index in [2.05, 4.69) is 8.75 Å². The van der Waals surface area contributed by atoms with Crippen molar-refractivity contribution in [2.75, 3.05) is 7.11 Å². The average Bonchev–Trinajstić information content (AvgIpc) is 3.27. The van der Waals surface area contributed by atoms with Gasteiger partial charge in [0.05, 0.1) is 24.8 Å². The second-order valence-electron chi connectivity index (χ2n) is 6.83. The van der Waals surface area contributed by atoms with E-state index >= 15 is 0 Å². The summed E-state index contributed by atoms with van der Waals surface area (Å²) in [6.45, 7) is 0. The maximum absolute atomic E-state index is 13.4. The number of hydrogen-bond donors (Lipinski definition) is 0. The molecule has 0 saturated carbocycles. The van der Waals surface area contributed by atoms with Crippen molar-refractivity contribution in [2.24, 2.45) is 0 Å². The Labute approximate surface area is 211 Å². The van der Waals surface area contributed by atoms with Crippen molar-refractivity contribution in [3.63, 3.8) is 0 Å². The Bertz CT molecular complexity index is 1300. The molecule has 0 spiro atoms. The number of allylic oxidation sites excluding steroid dienone is 1. The van der Waals surface area contributed by atoms with Crippen molar-refractivity contribution in [1.29, 1.82) is 0 Å². The predicted molar refractivity (Wildman–Crippen MR) is 117 cm³/mol. The molecule has 154 valence electrons. The molecule has 0 aliphatic heterocycles. The van der Waals surface area contributed by atoms with Crippen molar-refractivity contribution in [3.8, 4) is 5.75 Å². The zero-order chi connectivity index (χ0) is 21.8. The standard InChI is InChI=1S/C24H18N2O4S.Na/c1-30-18-9-5-6-15(12-18)13-19(23(27)16-7-3-2-4-8-16)22(24(28)29)17-10-11-20-21(14-17)26-31-25-20;/h2-12,14H,13H2,1H3,(H,28,29);/q;+1/p-1/b22-19+;. The molecular weight excluding hydrogens is 435 g/mol.